The minimum atomic E-state index is -3.50. The normalized spacial score (nSPS) is 11.6. The zero-order valence-corrected chi connectivity index (χ0v) is 15.2. The second-order valence-corrected chi connectivity index (χ2v) is 8.47. The van der Waals surface area contributed by atoms with Gasteiger partial charge in [-0.1, -0.05) is 47.7 Å². The highest BCUT2D eigenvalue weighted by atomic mass is 32.2. The molecule has 0 bridgehead atoms. The van der Waals surface area contributed by atoms with E-state index in [0.717, 1.165) is 22.0 Å². The molecule has 0 saturated heterocycles. The summed E-state index contributed by atoms with van der Waals surface area (Å²) in [6.45, 7) is 0.0935. The van der Waals surface area contributed by atoms with Crippen LogP contribution in [-0.4, -0.2) is 32.0 Å². The summed E-state index contributed by atoms with van der Waals surface area (Å²) in [6.07, 6.45) is 1.16. The first kappa shape index (κ1) is 17.5. The molecule has 0 spiro atoms. The van der Waals surface area contributed by atoms with Crippen LogP contribution in [0.2, 0.25) is 0 Å². The molecule has 2 N–H and O–H groups in total. The third kappa shape index (κ3) is 3.87. The van der Waals surface area contributed by atoms with Crippen molar-refractivity contribution >= 4 is 42.5 Å². The van der Waals surface area contributed by atoms with Crippen molar-refractivity contribution in [2.75, 3.05) is 17.1 Å². The van der Waals surface area contributed by atoms with Crippen LogP contribution in [0.4, 0.5) is 5.13 Å². The number of hydrogen-bond acceptors (Lipinski definition) is 6. The first-order valence-electron chi connectivity index (χ1n) is 7.54. The van der Waals surface area contributed by atoms with Crippen LogP contribution in [0.5, 0.6) is 0 Å². The molecule has 25 heavy (non-hydrogen) atoms. The van der Waals surface area contributed by atoms with Gasteiger partial charge in [-0.3, -0.25) is 4.79 Å². The van der Waals surface area contributed by atoms with Gasteiger partial charge in [0.2, 0.25) is 15.2 Å². The fraction of sp³-hybridized carbons (Fsp3) is 0.176. The van der Waals surface area contributed by atoms with Gasteiger partial charge in [-0.2, -0.15) is 0 Å². The van der Waals surface area contributed by atoms with Crippen LogP contribution >= 0.6 is 11.3 Å². The fourth-order valence-electron chi connectivity index (χ4n) is 2.37. The molecule has 6 nitrogen and oxygen atoms in total. The fourth-order valence-corrected chi connectivity index (χ4v) is 4.47. The number of nitrogens with zero attached hydrogens (tertiary/aromatic N) is 2. The Bertz CT molecular complexity index is 978. The summed E-state index contributed by atoms with van der Waals surface area (Å²) in [5.74, 6) is -0.155. The molecular formula is C17H17N3O3S2. The molecule has 0 aliphatic heterocycles. The van der Waals surface area contributed by atoms with E-state index in [1.165, 1.54) is 15.6 Å². The number of Topliss-reactive ketones (excluding diaryl/α,β-unsaturated/α-hetero) is 1. The van der Waals surface area contributed by atoms with Crippen molar-refractivity contribution in [2.45, 2.75) is 6.54 Å². The van der Waals surface area contributed by atoms with E-state index in [0.29, 0.717) is 10.7 Å². The monoisotopic (exact) mass is 375 g/mol. The Hall–Kier alpha value is -2.29. The number of thiazole rings is 1. The maximum atomic E-state index is 12.3. The Morgan fingerprint density at radius 1 is 1.16 bits per heavy atom. The minimum absolute atomic E-state index is 0.0550. The number of hydrogen-bond donors (Lipinski definition) is 1. The molecule has 2 aromatic carbocycles. The topological polar surface area (TPSA) is 93.4 Å². The molecule has 0 radical (unpaired) electrons. The highest BCUT2D eigenvalue weighted by Crippen LogP contribution is 2.31. The predicted octanol–water partition coefficient (Wildman–Crippen LogP) is 2.40. The van der Waals surface area contributed by atoms with E-state index in [4.69, 9.17) is 5.73 Å². The van der Waals surface area contributed by atoms with Gasteiger partial charge in [0, 0.05) is 5.56 Å². The molecular weight excluding hydrogens is 358 g/mol. The van der Waals surface area contributed by atoms with Crippen molar-refractivity contribution in [1.29, 1.82) is 0 Å². The maximum Gasteiger partial charge on any atom is 0.234 e. The molecule has 0 unspecified atom stereocenters. The lowest BCUT2D eigenvalue weighted by Crippen LogP contribution is -2.29. The molecule has 1 aromatic heterocycles. The molecule has 8 heteroatoms. The average molecular weight is 375 g/mol. The predicted molar refractivity (Wildman–Crippen MR) is 100 cm³/mol. The lowest BCUT2D eigenvalue weighted by molar-refractivity contribution is 0.100. The highest BCUT2D eigenvalue weighted by Gasteiger charge is 2.21. The SMILES string of the molecule is CS(=O)(=O)N(Cc1ccc(C(=O)CN)cc1)c1nc2ccccc2s1. The quantitative estimate of drug-likeness (QED) is 0.668. The third-order valence-electron chi connectivity index (χ3n) is 3.68. The molecule has 1 heterocycles. The molecule has 3 aromatic rings. The molecule has 0 saturated carbocycles. The van der Waals surface area contributed by atoms with E-state index >= 15 is 0 Å². The lowest BCUT2D eigenvalue weighted by atomic mass is 10.1. The van der Waals surface area contributed by atoms with Gasteiger partial charge < -0.3 is 5.73 Å². The van der Waals surface area contributed by atoms with Crippen molar-refractivity contribution in [3.05, 3.63) is 59.7 Å². The van der Waals surface area contributed by atoms with Crippen LogP contribution in [0, 0.1) is 0 Å². The summed E-state index contributed by atoms with van der Waals surface area (Å²) in [7, 11) is -3.50. The van der Waals surface area contributed by atoms with Gasteiger partial charge in [0.1, 0.15) is 0 Å². The molecule has 3 rings (SSSR count). The number of ketones is 1. The minimum Gasteiger partial charge on any atom is -0.324 e. The summed E-state index contributed by atoms with van der Waals surface area (Å²) in [5, 5.41) is 0.422. The van der Waals surface area contributed by atoms with Crippen molar-refractivity contribution < 1.29 is 13.2 Å². The molecule has 0 atom stereocenters. The number of anilines is 1. The van der Waals surface area contributed by atoms with Crippen molar-refractivity contribution in [3.63, 3.8) is 0 Å². The third-order valence-corrected chi connectivity index (χ3v) is 5.96. The van der Waals surface area contributed by atoms with Crippen molar-refractivity contribution in [1.82, 2.24) is 4.98 Å². The molecule has 130 valence electrons. The first-order chi connectivity index (χ1) is 11.9. The van der Waals surface area contributed by atoms with Crippen LogP contribution in [0.15, 0.2) is 48.5 Å². The molecule has 0 amide bonds. The van der Waals surface area contributed by atoms with Crippen molar-refractivity contribution in [3.8, 4) is 0 Å². The van der Waals surface area contributed by atoms with E-state index < -0.39 is 10.0 Å². The van der Waals surface area contributed by atoms with Crippen LogP contribution in [0.25, 0.3) is 10.2 Å². The summed E-state index contributed by atoms with van der Waals surface area (Å²) < 4.78 is 26.7. The van der Waals surface area contributed by atoms with E-state index in [9.17, 15) is 13.2 Å². The van der Waals surface area contributed by atoms with Gasteiger partial charge in [0.15, 0.2) is 5.78 Å². The number of para-hydroxylation sites is 1. The maximum absolute atomic E-state index is 12.3. The summed E-state index contributed by atoms with van der Waals surface area (Å²) in [5.41, 5.74) is 7.39. The van der Waals surface area contributed by atoms with Gasteiger partial charge in [-0.05, 0) is 17.7 Å². The van der Waals surface area contributed by atoms with Crippen LogP contribution in [0.3, 0.4) is 0 Å². The molecule has 0 aliphatic rings. The van der Waals surface area contributed by atoms with E-state index in [1.807, 2.05) is 24.3 Å². The van der Waals surface area contributed by atoms with E-state index in [1.54, 1.807) is 24.3 Å². The van der Waals surface area contributed by atoms with Gasteiger partial charge in [-0.15, -0.1) is 0 Å². The number of carbonyl (C=O) groups is 1. The summed E-state index contributed by atoms with van der Waals surface area (Å²) >= 11 is 1.33. The largest absolute Gasteiger partial charge is 0.324 e. The summed E-state index contributed by atoms with van der Waals surface area (Å²) in [6, 6.07) is 14.3. The van der Waals surface area contributed by atoms with E-state index in [2.05, 4.69) is 4.98 Å². The average Bonchev–Trinajstić information content (AvgIpc) is 3.02. The zero-order valence-electron chi connectivity index (χ0n) is 13.5. The highest BCUT2D eigenvalue weighted by molar-refractivity contribution is 7.92. The Morgan fingerprint density at radius 3 is 2.44 bits per heavy atom. The van der Waals surface area contributed by atoms with Crippen molar-refractivity contribution in [2.24, 2.45) is 5.73 Å². The lowest BCUT2D eigenvalue weighted by Gasteiger charge is -2.19. The molecule has 0 fully saturated rings. The van der Waals surface area contributed by atoms with Gasteiger partial charge in [0.25, 0.3) is 0 Å². The second-order valence-electron chi connectivity index (χ2n) is 5.56. The Labute approximate surface area is 150 Å². The van der Waals surface area contributed by atoms with E-state index in [-0.39, 0.29) is 18.9 Å². The second kappa shape index (κ2) is 6.91. The number of rotatable bonds is 6. The van der Waals surface area contributed by atoms with Crippen LogP contribution in [-0.2, 0) is 16.6 Å². The number of aromatic nitrogens is 1. The first-order valence-corrected chi connectivity index (χ1v) is 10.2. The Morgan fingerprint density at radius 2 is 1.84 bits per heavy atom. The summed E-state index contributed by atoms with van der Waals surface area (Å²) in [4.78, 5) is 16.0. The number of nitrogens with two attached hydrogens (primary N) is 1. The number of fused-ring (bicyclic) bond motifs is 1. The standard InChI is InChI=1S/C17H17N3O3S2/c1-25(22,23)20(17-19-14-4-2-3-5-16(14)24-17)11-12-6-8-13(9-7-12)15(21)10-18/h2-9H,10-11,18H2,1H3. The Balaban J connectivity index is 1.93. The van der Waals surface area contributed by atoms with Gasteiger partial charge in [0.05, 0.1) is 29.6 Å². The van der Waals surface area contributed by atoms with Crippen LogP contribution < -0.4 is 10.0 Å². The molecule has 0 aliphatic carbocycles. The van der Waals surface area contributed by atoms with Gasteiger partial charge >= 0.3 is 0 Å². The number of carbonyl (C=O) groups excluding carboxylic acids is 1. The number of benzene rings is 2. The zero-order chi connectivity index (χ0) is 18.0. The number of sulfonamides is 1. The Kier molecular flexibility index (Phi) is 4.85. The smallest absolute Gasteiger partial charge is 0.234 e. The van der Waals surface area contributed by atoms with Gasteiger partial charge in [-0.25, -0.2) is 17.7 Å². The van der Waals surface area contributed by atoms with Crippen LogP contribution in [0.1, 0.15) is 15.9 Å².